The third kappa shape index (κ3) is 5.89. The van der Waals surface area contributed by atoms with Crippen molar-refractivity contribution in [3.63, 3.8) is 0 Å². The smallest absolute Gasteiger partial charge is 0.226 e. The average molecular weight is 527 g/mol. The van der Waals surface area contributed by atoms with E-state index in [1.165, 1.54) is 23.1 Å². The second-order valence-corrected chi connectivity index (χ2v) is 9.88. The van der Waals surface area contributed by atoms with Crippen molar-refractivity contribution < 1.29 is 9.53 Å². The van der Waals surface area contributed by atoms with Crippen LogP contribution in [0.25, 0.3) is 22.4 Å². The lowest BCUT2D eigenvalue weighted by atomic mass is 9.96. The maximum atomic E-state index is 12.6. The summed E-state index contributed by atoms with van der Waals surface area (Å²) in [7, 11) is 1.61. The molecular weight excluding hydrogens is 504 g/mol. The molecule has 0 spiro atoms. The quantitative estimate of drug-likeness (QED) is 0.282. The highest BCUT2D eigenvalue weighted by molar-refractivity contribution is 7.99. The Kier molecular flexibility index (Phi) is 8.04. The lowest BCUT2D eigenvalue weighted by Gasteiger charge is -2.13. The Morgan fingerprint density at radius 1 is 1.11 bits per heavy atom. The van der Waals surface area contributed by atoms with Crippen molar-refractivity contribution >= 4 is 40.0 Å². The molecule has 8 nitrogen and oxygen atoms in total. The zero-order chi connectivity index (χ0) is 26.4. The number of nitriles is 2. The fraction of sp³-hybridized carbons (Fsp3) is 0.148. The van der Waals surface area contributed by atoms with Crippen molar-refractivity contribution in [2.45, 2.75) is 18.4 Å². The van der Waals surface area contributed by atoms with Crippen LogP contribution in [0.5, 0.6) is 5.75 Å². The fourth-order valence-corrected chi connectivity index (χ4v) is 5.25. The molecule has 4 rings (SSSR count). The van der Waals surface area contributed by atoms with E-state index in [2.05, 4.69) is 27.4 Å². The van der Waals surface area contributed by atoms with Gasteiger partial charge in [0.1, 0.15) is 34.3 Å². The molecule has 0 aliphatic heterocycles. The van der Waals surface area contributed by atoms with E-state index in [0.29, 0.717) is 27.0 Å². The van der Waals surface area contributed by atoms with Crippen LogP contribution in [-0.2, 0) is 4.79 Å². The van der Waals surface area contributed by atoms with Crippen LogP contribution in [0.1, 0.15) is 23.1 Å². The van der Waals surface area contributed by atoms with Gasteiger partial charge in [0.2, 0.25) is 5.91 Å². The summed E-state index contributed by atoms with van der Waals surface area (Å²) >= 11 is 2.58. The first kappa shape index (κ1) is 25.7. The van der Waals surface area contributed by atoms with Gasteiger partial charge >= 0.3 is 0 Å². The summed E-state index contributed by atoms with van der Waals surface area (Å²) in [6.07, 6.45) is 0.172. The van der Waals surface area contributed by atoms with Crippen LogP contribution < -0.4 is 15.8 Å². The molecule has 0 aliphatic rings. The normalized spacial score (nSPS) is 10.4. The number of rotatable bonds is 8. The number of nitrogens with one attached hydrogen (secondary N) is 1. The molecule has 4 aromatic rings. The molecule has 1 amide bonds. The summed E-state index contributed by atoms with van der Waals surface area (Å²) in [5, 5.41) is 25.1. The summed E-state index contributed by atoms with van der Waals surface area (Å²) < 4.78 is 5.26. The van der Waals surface area contributed by atoms with Crippen LogP contribution in [0.4, 0.5) is 10.9 Å². The Morgan fingerprint density at radius 3 is 2.57 bits per heavy atom. The van der Waals surface area contributed by atoms with Crippen molar-refractivity contribution in [2.24, 2.45) is 0 Å². The zero-order valence-electron chi connectivity index (χ0n) is 20.1. The summed E-state index contributed by atoms with van der Waals surface area (Å²) in [5.74, 6) is 0.933. The molecule has 37 heavy (non-hydrogen) atoms. The van der Waals surface area contributed by atoms with Gasteiger partial charge < -0.3 is 15.8 Å². The van der Waals surface area contributed by atoms with Gasteiger partial charge in [-0.1, -0.05) is 42.0 Å². The SMILES string of the molecule is COc1cccc(-c2csc(NC(=O)CCSc3nc(N)c(C#N)c(-c4ccc(C)cc4)c3C#N)n2)c1. The van der Waals surface area contributed by atoms with E-state index in [4.69, 9.17) is 10.5 Å². The lowest BCUT2D eigenvalue weighted by Crippen LogP contribution is -2.12. The predicted octanol–water partition coefficient (Wildman–Crippen LogP) is 5.64. The third-order valence-electron chi connectivity index (χ3n) is 5.44. The van der Waals surface area contributed by atoms with E-state index in [9.17, 15) is 15.3 Å². The minimum atomic E-state index is -0.210. The largest absolute Gasteiger partial charge is 0.497 e. The number of carbonyl (C=O) groups excluding carboxylic acids is 1. The van der Waals surface area contributed by atoms with Crippen LogP contribution in [0, 0.1) is 29.6 Å². The standard InChI is InChI=1S/C27H22N6O2S2/c1-16-6-8-17(9-7-16)24-20(13-28)25(30)33-26(21(24)14-29)36-11-10-23(34)32-27-31-22(15-37-27)18-4-3-5-19(12-18)35-2/h3-9,12,15H,10-11H2,1-2H3,(H2,30,33)(H,31,32,34). The number of carbonyl (C=O) groups is 1. The highest BCUT2D eigenvalue weighted by atomic mass is 32.2. The molecule has 0 fully saturated rings. The van der Waals surface area contributed by atoms with E-state index in [1.54, 1.807) is 7.11 Å². The second kappa shape index (κ2) is 11.6. The van der Waals surface area contributed by atoms with Gasteiger partial charge in [-0.15, -0.1) is 23.1 Å². The van der Waals surface area contributed by atoms with Gasteiger partial charge in [-0.25, -0.2) is 9.97 Å². The number of aryl methyl sites for hydroxylation is 1. The Balaban J connectivity index is 1.45. The molecule has 2 aromatic heterocycles. The zero-order valence-corrected chi connectivity index (χ0v) is 21.7. The minimum Gasteiger partial charge on any atom is -0.497 e. The Hall–Kier alpha value is -4.38. The van der Waals surface area contributed by atoms with Gasteiger partial charge in [-0.3, -0.25) is 4.79 Å². The summed E-state index contributed by atoms with van der Waals surface area (Å²) in [5.41, 5.74) is 10.4. The summed E-state index contributed by atoms with van der Waals surface area (Å²) in [6.45, 7) is 1.96. The van der Waals surface area contributed by atoms with Crippen molar-refractivity contribution in [2.75, 3.05) is 23.9 Å². The van der Waals surface area contributed by atoms with Crippen molar-refractivity contribution in [1.82, 2.24) is 9.97 Å². The molecule has 0 radical (unpaired) electrons. The molecule has 0 saturated carbocycles. The molecule has 2 heterocycles. The number of nitrogen functional groups attached to an aromatic ring is 1. The third-order valence-corrected chi connectivity index (χ3v) is 7.17. The molecule has 0 saturated heterocycles. The molecule has 10 heteroatoms. The molecule has 0 atom stereocenters. The molecule has 2 aromatic carbocycles. The number of ether oxygens (including phenoxy) is 1. The minimum absolute atomic E-state index is 0.0527. The van der Waals surface area contributed by atoms with E-state index in [-0.39, 0.29) is 29.3 Å². The number of hydrogen-bond acceptors (Lipinski definition) is 9. The highest BCUT2D eigenvalue weighted by Crippen LogP contribution is 2.36. The Morgan fingerprint density at radius 2 is 1.86 bits per heavy atom. The fourth-order valence-electron chi connectivity index (χ4n) is 3.58. The number of nitrogens with zero attached hydrogens (tertiary/aromatic N) is 4. The number of benzene rings is 2. The molecule has 184 valence electrons. The Bertz CT molecular complexity index is 1530. The number of anilines is 2. The number of pyridine rings is 1. The summed E-state index contributed by atoms with van der Waals surface area (Å²) in [6, 6.07) is 19.3. The van der Waals surface area contributed by atoms with E-state index in [1.807, 2.05) is 60.8 Å². The maximum absolute atomic E-state index is 12.6. The molecule has 3 N–H and O–H groups in total. The average Bonchev–Trinajstić information content (AvgIpc) is 3.37. The lowest BCUT2D eigenvalue weighted by molar-refractivity contribution is -0.115. The second-order valence-electron chi connectivity index (χ2n) is 7.93. The first-order valence-electron chi connectivity index (χ1n) is 11.2. The Labute approximate surface area is 222 Å². The number of hydrogen-bond donors (Lipinski definition) is 2. The van der Waals surface area contributed by atoms with Crippen LogP contribution in [0.3, 0.4) is 0 Å². The highest BCUT2D eigenvalue weighted by Gasteiger charge is 2.20. The van der Waals surface area contributed by atoms with E-state index >= 15 is 0 Å². The van der Waals surface area contributed by atoms with Gasteiger partial charge in [0.15, 0.2) is 5.13 Å². The van der Waals surface area contributed by atoms with Crippen LogP contribution in [0.15, 0.2) is 58.9 Å². The predicted molar refractivity (Wildman–Crippen MR) is 146 cm³/mol. The van der Waals surface area contributed by atoms with Gasteiger partial charge in [-0.2, -0.15) is 10.5 Å². The first-order valence-corrected chi connectivity index (χ1v) is 13.0. The number of methoxy groups -OCH3 is 1. The topological polar surface area (TPSA) is 138 Å². The van der Waals surface area contributed by atoms with E-state index < -0.39 is 0 Å². The number of nitrogens with two attached hydrogens (primary N) is 1. The number of thiazole rings is 1. The number of aromatic nitrogens is 2. The number of amides is 1. The monoisotopic (exact) mass is 526 g/mol. The molecular formula is C27H22N6O2S2. The van der Waals surface area contributed by atoms with Gasteiger partial charge in [0.05, 0.1) is 18.4 Å². The molecule has 0 aliphatic carbocycles. The van der Waals surface area contributed by atoms with Gasteiger partial charge in [-0.05, 0) is 24.6 Å². The van der Waals surface area contributed by atoms with Crippen LogP contribution in [0.2, 0.25) is 0 Å². The van der Waals surface area contributed by atoms with Gasteiger partial charge in [0.25, 0.3) is 0 Å². The molecule has 0 bridgehead atoms. The number of thioether (sulfide) groups is 1. The van der Waals surface area contributed by atoms with Crippen LogP contribution >= 0.6 is 23.1 Å². The van der Waals surface area contributed by atoms with Crippen molar-refractivity contribution in [1.29, 1.82) is 10.5 Å². The molecule has 0 unspecified atom stereocenters. The van der Waals surface area contributed by atoms with Crippen molar-refractivity contribution in [3.05, 3.63) is 70.6 Å². The van der Waals surface area contributed by atoms with E-state index in [0.717, 1.165) is 22.6 Å². The van der Waals surface area contributed by atoms with Crippen molar-refractivity contribution in [3.8, 4) is 40.3 Å². The van der Waals surface area contributed by atoms with Crippen LogP contribution in [-0.4, -0.2) is 28.7 Å². The van der Waals surface area contributed by atoms with Gasteiger partial charge in [0, 0.05) is 28.7 Å². The first-order chi connectivity index (χ1) is 17.9. The maximum Gasteiger partial charge on any atom is 0.226 e. The summed E-state index contributed by atoms with van der Waals surface area (Å²) in [4.78, 5) is 21.3.